The van der Waals surface area contributed by atoms with Gasteiger partial charge in [-0.25, -0.2) is 0 Å². The molecular weight excluding hydrogens is 382 g/mol. The number of quaternary nitrogens is 1. The molecule has 2 aromatic carbocycles. The Labute approximate surface area is 176 Å². The largest absolute Gasteiger partial charge is 0.497 e. The van der Waals surface area contributed by atoms with E-state index < -0.39 is 0 Å². The van der Waals surface area contributed by atoms with Gasteiger partial charge in [-0.05, 0) is 53.6 Å². The predicted octanol–water partition coefficient (Wildman–Crippen LogP) is 0.908. The number of carbonyl (C=O) groups is 1. The van der Waals surface area contributed by atoms with E-state index in [1.807, 2.05) is 29.2 Å². The Morgan fingerprint density at radius 3 is 2.77 bits per heavy atom. The summed E-state index contributed by atoms with van der Waals surface area (Å²) in [6.45, 7) is 5.11. The van der Waals surface area contributed by atoms with E-state index in [9.17, 15) is 4.79 Å². The van der Waals surface area contributed by atoms with Crippen molar-refractivity contribution < 1.29 is 24.0 Å². The van der Waals surface area contributed by atoms with E-state index in [0.29, 0.717) is 0 Å². The number of amides is 1. The Bertz CT molecular complexity index is 890. The van der Waals surface area contributed by atoms with Gasteiger partial charge in [0, 0.05) is 12.0 Å². The van der Waals surface area contributed by atoms with Gasteiger partial charge in [0.1, 0.15) is 18.0 Å². The number of benzene rings is 2. The maximum atomic E-state index is 12.4. The number of methoxy groups -OCH3 is 1. The van der Waals surface area contributed by atoms with Crippen LogP contribution in [-0.2, 0) is 22.6 Å². The van der Waals surface area contributed by atoms with Crippen LogP contribution >= 0.6 is 0 Å². The number of nitrogens with one attached hydrogen (secondary N) is 1. The lowest BCUT2D eigenvalue weighted by Crippen LogP contribution is -3.13. The molecule has 158 valence electrons. The van der Waals surface area contributed by atoms with Crippen LogP contribution in [0.25, 0.3) is 0 Å². The minimum absolute atomic E-state index is 0.0180. The number of hydrogen-bond donors (Lipinski definition) is 1. The van der Waals surface area contributed by atoms with E-state index in [1.165, 1.54) is 16.0 Å². The van der Waals surface area contributed by atoms with Gasteiger partial charge in [-0.15, -0.1) is 0 Å². The van der Waals surface area contributed by atoms with Gasteiger partial charge in [0.2, 0.25) is 0 Å². The molecule has 7 nitrogen and oxygen atoms in total. The van der Waals surface area contributed by atoms with E-state index in [4.69, 9.17) is 14.3 Å². The summed E-state index contributed by atoms with van der Waals surface area (Å²) in [6.07, 6.45) is 2.60. The van der Waals surface area contributed by atoms with E-state index >= 15 is 0 Å². The number of rotatable bonds is 7. The van der Waals surface area contributed by atoms with Crippen LogP contribution in [0.3, 0.4) is 0 Å². The molecule has 0 radical (unpaired) electrons. The van der Waals surface area contributed by atoms with E-state index in [-0.39, 0.29) is 12.5 Å². The molecule has 0 atom stereocenters. The van der Waals surface area contributed by atoms with E-state index in [1.54, 1.807) is 13.3 Å². The first-order valence-electron chi connectivity index (χ1n) is 10.4. The van der Waals surface area contributed by atoms with Crippen molar-refractivity contribution in [3.8, 4) is 11.5 Å². The second kappa shape index (κ2) is 9.63. The zero-order valence-corrected chi connectivity index (χ0v) is 17.3. The van der Waals surface area contributed by atoms with Crippen molar-refractivity contribution in [2.75, 3.05) is 46.5 Å². The number of fused-ring (bicyclic) bond motifs is 1. The van der Waals surface area contributed by atoms with Crippen LogP contribution < -0.4 is 14.4 Å². The van der Waals surface area contributed by atoms with Crippen molar-refractivity contribution in [3.05, 3.63) is 59.2 Å². The molecule has 1 N–H and O–H groups in total. The van der Waals surface area contributed by atoms with Crippen molar-refractivity contribution >= 4 is 12.1 Å². The fourth-order valence-electron chi connectivity index (χ4n) is 3.86. The molecule has 0 bridgehead atoms. The number of oxime groups is 1. The average molecular weight is 410 g/mol. The number of ether oxygens (including phenoxy) is 2. The summed E-state index contributed by atoms with van der Waals surface area (Å²) in [7, 11) is 1.63. The third kappa shape index (κ3) is 5.10. The van der Waals surface area contributed by atoms with Crippen LogP contribution in [0.15, 0.2) is 47.6 Å². The van der Waals surface area contributed by atoms with Crippen molar-refractivity contribution in [2.24, 2.45) is 5.16 Å². The Balaban J connectivity index is 1.18. The molecule has 2 aliphatic heterocycles. The van der Waals surface area contributed by atoms with Gasteiger partial charge >= 0.3 is 0 Å². The Kier molecular flexibility index (Phi) is 6.49. The van der Waals surface area contributed by atoms with Crippen molar-refractivity contribution in [2.45, 2.75) is 13.0 Å². The standard InChI is InChI=1S/C23H27N3O4/c1-28-21-5-2-18(3-6-21)15-24-30-17-23(27)26-11-9-25(10-12-26)16-19-4-7-22-20(14-19)8-13-29-22/h2-7,14-15H,8-13,16-17H2,1H3/p+1/b24-15-. The quantitative estimate of drug-likeness (QED) is 0.544. The third-order valence-electron chi connectivity index (χ3n) is 5.61. The zero-order chi connectivity index (χ0) is 20.8. The molecule has 0 aliphatic carbocycles. The molecular formula is C23H28N3O4+. The molecule has 2 heterocycles. The molecule has 1 amide bonds. The first kappa shape index (κ1) is 20.2. The fourth-order valence-corrected chi connectivity index (χ4v) is 3.86. The molecule has 30 heavy (non-hydrogen) atoms. The monoisotopic (exact) mass is 410 g/mol. The van der Waals surface area contributed by atoms with Gasteiger partial charge in [-0.3, -0.25) is 4.79 Å². The first-order valence-corrected chi connectivity index (χ1v) is 10.4. The van der Waals surface area contributed by atoms with E-state index in [0.717, 1.165) is 62.8 Å². The molecule has 2 aromatic rings. The highest BCUT2D eigenvalue weighted by Gasteiger charge is 2.24. The van der Waals surface area contributed by atoms with Gasteiger partial charge in [-0.1, -0.05) is 5.16 Å². The molecule has 2 aliphatic rings. The minimum Gasteiger partial charge on any atom is -0.497 e. The maximum absolute atomic E-state index is 12.4. The number of piperazine rings is 1. The summed E-state index contributed by atoms with van der Waals surface area (Å²) in [5, 5.41) is 3.90. The van der Waals surface area contributed by atoms with Gasteiger partial charge in [0.15, 0.2) is 6.61 Å². The summed E-state index contributed by atoms with van der Waals surface area (Å²) >= 11 is 0. The molecule has 0 aromatic heterocycles. The third-order valence-corrected chi connectivity index (χ3v) is 5.61. The van der Waals surface area contributed by atoms with Gasteiger partial charge in [-0.2, -0.15) is 0 Å². The molecule has 7 heteroatoms. The topological polar surface area (TPSA) is 64.8 Å². The minimum atomic E-state index is -0.0349. The normalized spacial score (nSPS) is 16.4. The maximum Gasteiger partial charge on any atom is 0.263 e. The molecule has 0 saturated carbocycles. The van der Waals surface area contributed by atoms with Gasteiger partial charge in [0.25, 0.3) is 5.91 Å². The number of carbonyl (C=O) groups excluding carboxylic acids is 1. The number of hydrogen-bond acceptors (Lipinski definition) is 5. The Morgan fingerprint density at radius 1 is 1.20 bits per heavy atom. The first-order chi connectivity index (χ1) is 14.7. The second-order valence-electron chi connectivity index (χ2n) is 7.63. The van der Waals surface area contributed by atoms with Gasteiger partial charge in [0.05, 0.1) is 46.1 Å². The Hall–Kier alpha value is -3.06. The lowest BCUT2D eigenvalue weighted by molar-refractivity contribution is -0.917. The molecule has 1 saturated heterocycles. The SMILES string of the molecule is COc1ccc(/C=N\OCC(=O)N2CC[NH+](Cc3ccc4c(c3)CCO4)CC2)cc1. The van der Waals surface area contributed by atoms with Gasteiger partial charge < -0.3 is 24.1 Å². The Morgan fingerprint density at radius 2 is 2.00 bits per heavy atom. The highest BCUT2D eigenvalue weighted by atomic mass is 16.6. The lowest BCUT2D eigenvalue weighted by atomic mass is 10.1. The second-order valence-corrected chi connectivity index (χ2v) is 7.63. The summed E-state index contributed by atoms with van der Waals surface area (Å²) in [5.74, 6) is 1.80. The van der Waals surface area contributed by atoms with Crippen LogP contribution in [0.5, 0.6) is 11.5 Å². The summed E-state index contributed by atoms with van der Waals surface area (Å²) in [6, 6.07) is 14.0. The highest BCUT2D eigenvalue weighted by Crippen LogP contribution is 2.25. The molecule has 4 rings (SSSR count). The summed E-state index contributed by atoms with van der Waals surface area (Å²) in [4.78, 5) is 20.9. The van der Waals surface area contributed by atoms with Crippen LogP contribution in [0.4, 0.5) is 0 Å². The fraction of sp³-hybridized carbons (Fsp3) is 0.391. The summed E-state index contributed by atoms with van der Waals surface area (Å²) < 4.78 is 10.7. The van der Waals surface area contributed by atoms with Crippen molar-refractivity contribution in [3.63, 3.8) is 0 Å². The lowest BCUT2D eigenvalue weighted by Gasteiger charge is -2.32. The van der Waals surface area contributed by atoms with Crippen LogP contribution in [0.2, 0.25) is 0 Å². The zero-order valence-electron chi connectivity index (χ0n) is 17.3. The average Bonchev–Trinajstić information content (AvgIpc) is 3.25. The van der Waals surface area contributed by atoms with Crippen LogP contribution in [-0.4, -0.2) is 63.5 Å². The smallest absolute Gasteiger partial charge is 0.263 e. The number of nitrogens with zero attached hydrogens (tertiary/aromatic N) is 2. The van der Waals surface area contributed by atoms with Crippen LogP contribution in [0, 0.1) is 0 Å². The molecule has 0 spiro atoms. The summed E-state index contributed by atoms with van der Waals surface area (Å²) in [5.41, 5.74) is 3.54. The van der Waals surface area contributed by atoms with Crippen LogP contribution in [0.1, 0.15) is 16.7 Å². The van der Waals surface area contributed by atoms with E-state index in [2.05, 4.69) is 23.4 Å². The van der Waals surface area contributed by atoms with Crippen molar-refractivity contribution in [1.29, 1.82) is 0 Å². The molecule has 0 unspecified atom stereocenters. The predicted molar refractivity (Wildman–Crippen MR) is 113 cm³/mol. The van der Waals surface area contributed by atoms with Crippen molar-refractivity contribution in [1.82, 2.24) is 4.90 Å². The highest BCUT2D eigenvalue weighted by molar-refractivity contribution is 5.80. The molecule has 1 fully saturated rings.